The molecule has 106 valence electrons. The lowest BCUT2D eigenvalue weighted by Gasteiger charge is -2.14. The molecule has 1 amide bonds. The average molecular weight is 305 g/mol. The zero-order valence-corrected chi connectivity index (χ0v) is 12.3. The zero-order valence-electron chi connectivity index (χ0n) is 10.7. The van der Waals surface area contributed by atoms with Crippen LogP contribution in [0.3, 0.4) is 0 Å². The van der Waals surface area contributed by atoms with Crippen molar-refractivity contribution in [1.82, 2.24) is 5.32 Å². The molecule has 0 spiro atoms. The number of benzene rings is 1. The molecule has 0 radical (unpaired) electrons. The van der Waals surface area contributed by atoms with Gasteiger partial charge in [0.25, 0.3) is 5.91 Å². The van der Waals surface area contributed by atoms with Crippen molar-refractivity contribution in [3.63, 3.8) is 0 Å². The highest BCUT2D eigenvalue weighted by atomic mass is 35.5. The smallest absolute Gasteiger partial charge is 0.255 e. The first kappa shape index (κ1) is 15.9. The molecule has 1 aromatic rings. The second kappa shape index (κ2) is 6.87. The highest BCUT2D eigenvalue weighted by Gasteiger charge is 2.21. The molecule has 4 nitrogen and oxygen atoms in total. The summed E-state index contributed by atoms with van der Waals surface area (Å²) in [6.07, 6.45) is 4.42. The molecule has 0 aliphatic heterocycles. The summed E-state index contributed by atoms with van der Waals surface area (Å²) >= 11 is 5.94. The largest absolute Gasteiger partial charge is 0.496 e. The first-order valence-corrected chi connectivity index (χ1v) is 6.43. The third kappa shape index (κ3) is 3.67. The van der Waals surface area contributed by atoms with Crippen LogP contribution in [0.4, 0.5) is 5.69 Å². The van der Waals surface area contributed by atoms with Crippen molar-refractivity contribution in [2.45, 2.75) is 31.7 Å². The number of amides is 1. The molecule has 19 heavy (non-hydrogen) atoms. The molecular formula is C13H18Cl2N2O2. The van der Waals surface area contributed by atoms with Gasteiger partial charge in [-0.05, 0) is 18.9 Å². The van der Waals surface area contributed by atoms with E-state index in [0.717, 1.165) is 12.8 Å². The minimum atomic E-state index is -0.152. The lowest BCUT2D eigenvalue weighted by atomic mass is 10.1. The Labute approximate surface area is 124 Å². The Hall–Kier alpha value is -1.13. The summed E-state index contributed by atoms with van der Waals surface area (Å²) < 4.78 is 5.17. The normalized spacial score (nSPS) is 14.8. The number of anilines is 1. The highest BCUT2D eigenvalue weighted by Crippen LogP contribution is 2.29. The van der Waals surface area contributed by atoms with Crippen molar-refractivity contribution in [1.29, 1.82) is 0 Å². The van der Waals surface area contributed by atoms with E-state index in [0.29, 0.717) is 22.0 Å². The van der Waals surface area contributed by atoms with Gasteiger partial charge in [0.2, 0.25) is 0 Å². The fourth-order valence-electron chi connectivity index (χ4n) is 2.25. The summed E-state index contributed by atoms with van der Waals surface area (Å²) in [5.74, 6) is 0.299. The highest BCUT2D eigenvalue weighted by molar-refractivity contribution is 6.33. The van der Waals surface area contributed by atoms with Crippen LogP contribution in [-0.4, -0.2) is 19.1 Å². The number of hydrogen-bond acceptors (Lipinski definition) is 3. The molecule has 1 aliphatic carbocycles. The lowest BCUT2D eigenvalue weighted by Crippen LogP contribution is -2.32. The van der Waals surface area contributed by atoms with Crippen LogP contribution in [0.1, 0.15) is 36.0 Å². The first-order chi connectivity index (χ1) is 8.61. The Morgan fingerprint density at radius 3 is 2.63 bits per heavy atom. The zero-order chi connectivity index (χ0) is 13.1. The van der Waals surface area contributed by atoms with Crippen LogP contribution in [0.2, 0.25) is 5.02 Å². The van der Waals surface area contributed by atoms with E-state index in [1.54, 1.807) is 12.1 Å². The van der Waals surface area contributed by atoms with Gasteiger partial charge in [-0.1, -0.05) is 24.4 Å². The number of hydrogen-bond donors (Lipinski definition) is 2. The van der Waals surface area contributed by atoms with Crippen LogP contribution in [0.5, 0.6) is 5.75 Å². The van der Waals surface area contributed by atoms with Crippen molar-refractivity contribution < 1.29 is 9.53 Å². The first-order valence-electron chi connectivity index (χ1n) is 6.05. The van der Waals surface area contributed by atoms with Gasteiger partial charge in [-0.3, -0.25) is 4.79 Å². The van der Waals surface area contributed by atoms with Gasteiger partial charge in [0.05, 0.1) is 23.4 Å². The van der Waals surface area contributed by atoms with Crippen molar-refractivity contribution >= 4 is 35.6 Å². The fraction of sp³-hybridized carbons (Fsp3) is 0.462. The van der Waals surface area contributed by atoms with Gasteiger partial charge >= 0.3 is 0 Å². The Morgan fingerprint density at radius 1 is 1.42 bits per heavy atom. The minimum absolute atomic E-state index is 0. The SMILES string of the molecule is COc1cc(N)c(Cl)cc1C(=O)NC1CCCC1.Cl. The minimum Gasteiger partial charge on any atom is -0.496 e. The standard InChI is InChI=1S/C13H17ClN2O2.ClH/c1-18-12-7-11(15)10(14)6-9(12)13(17)16-8-4-2-3-5-8;/h6-8H,2-5,15H2,1H3,(H,16,17);1H. The Bertz CT molecular complexity index is 460. The van der Waals surface area contributed by atoms with Gasteiger partial charge in [-0.2, -0.15) is 0 Å². The Morgan fingerprint density at radius 2 is 2.05 bits per heavy atom. The van der Waals surface area contributed by atoms with Crippen LogP contribution < -0.4 is 15.8 Å². The van der Waals surface area contributed by atoms with E-state index < -0.39 is 0 Å². The van der Waals surface area contributed by atoms with E-state index in [2.05, 4.69) is 5.32 Å². The maximum absolute atomic E-state index is 12.2. The van der Waals surface area contributed by atoms with Gasteiger partial charge in [0.15, 0.2) is 0 Å². The van der Waals surface area contributed by atoms with Gasteiger partial charge in [0, 0.05) is 12.1 Å². The van der Waals surface area contributed by atoms with Crippen LogP contribution in [-0.2, 0) is 0 Å². The van der Waals surface area contributed by atoms with Gasteiger partial charge in [-0.15, -0.1) is 12.4 Å². The number of nitrogens with one attached hydrogen (secondary N) is 1. The molecule has 1 fully saturated rings. The van der Waals surface area contributed by atoms with Crippen LogP contribution in [0.15, 0.2) is 12.1 Å². The molecule has 0 heterocycles. The Kier molecular flexibility index (Phi) is 5.76. The van der Waals surface area contributed by atoms with Gasteiger partial charge in [0.1, 0.15) is 5.75 Å². The lowest BCUT2D eigenvalue weighted by molar-refractivity contribution is 0.0935. The van der Waals surface area contributed by atoms with E-state index in [1.807, 2.05) is 0 Å². The van der Waals surface area contributed by atoms with Gasteiger partial charge in [-0.25, -0.2) is 0 Å². The topological polar surface area (TPSA) is 64.3 Å². The molecule has 1 saturated carbocycles. The summed E-state index contributed by atoms with van der Waals surface area (Å²) in [6, 6.07) is 3.39. The summed E-state index contributed by atoms with van der Waals surface area (Å²) in [7, 11) is 1.51. The molecular weight excluding hydrogens is 287 g/mol. The predicted molar refractivity (Wildman–Crippen MR) is 79.4 cm³/mol. The van der Waals surface area contributed by atoms with E-state index in [4.69, 9.17) is 22.1 Å². The van der Waals surface area contributed by atoms with Crippen LogP contribution in [0, 0.1) is 0 Å². The maximum atomic E-state index is 12.2. The molecule has 0 unspecified atom stereocenters. The molecule has 0 bridgehead atoms. The number of rotatable bonds is 3. The fourth-order valence-corrected chi connectivity index (χ4v) is 2.41. The van der Waals surface area contributed by atoms with E-state index in [1.165, 1.54) is 20.0 Å². The second-order valence-corrected chi connectivity index (χ2v) is 4.94. The number of ether oxygens (including phenoxy) is 1. The van der Waals surface area contributed by atoms with Gasteiger partial charge < -0.3 is 15.8 Å². The molecule has 2 rings (SSSR count). The van der Waals surface area contributed by atoms with Crippen LogP contribution >= 0.6 is 24.0 Å². The number of carbonyl (C=O) groups excluding carboxylic acids is 1. The molecule has 0 aromatic heterocycles. The molecule has 1 aromatic carbocycles. The third-order valence-corrected chi connectivity index (χ3v) is 3.58. The van der Waals surface area contributed by atoms with E-state index >= 15 is 0 Å². The molecule has 6 heteroatoms. The summed E-state index contributed by atoms with van der Waals surface area (Å²) in [6.45, 7) is 0. The maximum Gasteiger partial charge on any atom is 0.255 e. The average Bonchev–Trinajstić information content (AvgIpc) is 2.84. The second-order valence-electron chi connectivity index (χ2n) is 4.53. The Balaban J connectivity index is 0.00000180. The monoisotopic (exact) mass is 304 g/mol. The number of halogens is 2. The van der Waals surface area contributed by atoms with Crippen molar-refractivity contribution in [2.24, 2.45) is 0 Å². The molecule has 1 aliphatic rings. The van der Waals surface area contributed by atoms with Crippen LogP contribution in [0.25, 0.3) is 0 Å². The number of methoxy groups -OCH3 is 1. The summed E-state index contributed by atoms with van der Waals surface area (Å²) in [4.78, 5) is 12.2. The summed E-state index contributed by atoms with van der Waals surface area (Å²) in [5, 5.41) is 3.37. The van der Waals surface area contributed by atoms with E-state index in [-0.39, 0.29) is 24.4 Å². The quantitative estimate of drug-likeness (QED) is 0.844. The number of nitrogen functional groups attached to an aromatic ring is 1. The van der Waals surface area contributed by atoms with Crippen molar-refractivity contribution in [3.05, 3.63) is 22.7 Å². The molecule has 3 N–H and O–H groups in total. The molecule has 0 atom stereocenters. The number of nitrogens with two attached hydrogens (primary N) is 1. The van der Waals surface area contributed by atoms with Crippen molar-refractivity contribution in [2.75, 3.05) is 12.8 Å². The third-order valence-electron chi connectivity index (χ3n) is 3.25. The number of carbonyl (C=O) groups is 1. The summed E-state index contributed by atoms with van der Waals surface area (Å²) in [5.41, 5.74) is 6.53. The predicted octanol–water partition coefficient (Wildman–Crippen LogP) is 3.03. The van der Waals surface area contributed by atoms with E-state index in [9.17, 15) is 4.79 Å². The van der Waals surface area contributed by atoms with Crippen molar-refractivity contribution in [3.8, 4) is 5.75 Å². The molecule has 0 saturated heterocycles.